The van der Waals surface area contributed by atoms with E-state index in [-0.39, 0.29) is 40.8 Å². The Balaban J connectivity index is 1.40. The molecule has 6 rings (SSSR count). The van der Waals surface area contributed by atoms with Gasteiger partial charge in [0.25, 0.3) is 0 Å². The van der Waals surface area contributed by atoms with Gasteiger partial charge in [0.15, 0.2) is 12.1 Å². The Hall–Kier alpha value is -1.25. The number of hydrogen-bond acceptors (Lipinski definition) is 7. The van der Waals surface area contributed by atoms with E-state index in [1.54, 1.807) is 0 Å². The predicted molar refractivity (Wildman–Crippen MR) is 140 cm³/mol. The summed E-state index contributed by atoms with van der Waals surface area (Å²) in [5, 5.41) is 21.9. The number of fused-ring (bicyclic) bond motifs is 4. The largest absolute Gasteiger partial charge is 0.456 e. The van der Waals surface area contributed by atoms with Crippen molar-refractivity contribution < 1.29 is 34.0 Å². The Morgan fingerprint density at radius 1 is 1.16 bits per heavy atom. The first-order chi connectivity index (χ1) is 17.9. The predicted octanol–water partition coefficient (Wildman–Crippen LogP) is 4.08. The molecule has 2 N–H and O–H groups in total. The number of carbonyl (C=O) groups excluding carboxylic acids is 2. The normalized spacial score (nSPS) is 53.8. The maximum Gasteiger partial charge on any atom is 0.334 e. The average Bonchev–Trinajstić information content (AvgIpc) is 3.38. The van der Waals surface area contributed by atoms with Crippen molar-refractivity contribution in [1.29, 1.82) is 0 Å². The van der Waals surface area contributed by atoms with Crippen molar-refractivity contribution in [2.75, 3.05) is 6.61 Å². The van der Waals surface area contributed by atoms with Crippen molar-refractivity contribution in [3.63, 3.8) is 0 Å². The van der Waals surface area contributed by atoms with Crippen LogP contribution in [0.2, 0.25) is 0 Å². The maximum atomic E-state index is 13.5. The number of esters is 1. The van der Waals surface area contributed by atoms with E-state index in [0.29, 0.717) is 31.4 Å². The number of aliphatic hydroxyl groups is 2. The smallest absolute Gasteiger partial charge is 0.334 e. The third-order valence-corrected chi connectivity index (χ3v) is 12.6. The van der Waals surface area contributed by atoms with Crippen molar-refractivity contribution in [3.05, 3.63) is 23.3 Å². The van der Waals surface area contributed by atoms with E-state index >= 15 is 0 Å². The summed E-state index contributed by atoms with van der Waals surface area (Å²) in [7, 11) is 0. The molecule has 3 saturated carbocycles. The molecule has 8 heteroatoms. The van der Waals surface area contributed by atoms with Gasteiger partial charge in [0.2, 0.25) is 0 Å². The highest BCUT2D eigenvalue weighted by atomic mass is 35.5. The van der Waals surface area contributed by atoms with Gasteiger partial charge in [-0.25, -0.2) is 4.79 Å². The number of cyclic esters (lactones) is 1. The summed E-state index contributed by atoms with van der Waals surface area (Å²) in [6.07, 6.45) is 5.30. The second-order valence-corrected chi connectivity index (χ2v) is 13.7. The number of alkyl halides is 1. The minimum atomic E-state index is -1.71. The van der Waals surface area contributed by atoms with Gasteiger partial charge in [-0.05, 0) is 96.6 Å². The molecule has 0 aromatic heterocycles. The fourth-order valence-electron chi connectivity index (χ4n) is 10.00. The molecule has 2 heterocycles. The summed E-state index contributed by atoms with van der Waals surface area (Å²) in [5.41, 5.74) is -2.15. The van der Waals surface area contributed by atoms with Crippen LogP contribution in [0.15, 0.2) is 23.3 Å². The molecule has 1 spiro atoms. The highest BCUT2D eigenvalue weighted by Gasteiger charge is 2.76. The number of rotatable bonds is 3. The van der Waals surface area contributed by atoms with E-state index in [2.05, 4.69) is 6.92 Å². The molecule has 0 bridgehead atoms. The fraction of sp³-hybridized carbons (Fsp3) is 0.800. The SMILES string of the molecule is CCO[C@H]1O[C@@](C)([C@H]2CC(C)=C(C)C(=O)O2)[C@H]2CC[C@H]3[C@@H]4C[C@H](Cl)[C@]5(O)[C@@H](O)C=CC(=O)[C@]5(C)[C@H]4CC[C@]123. The molecule has 6 aliphatic rings. The quantitative estimate of drug-likeness (QED) is 0.405. The van der Waals surface area contributed by atoms with E-state index in [1.165, 1.54) is 12.2 Å². The zero-order chi connectivity index (χ0) is 27.4. The van der Waals surface area contributed by atoms with Crippen molar-refractivity contribution in [2.45, 2.75) is 108 Å². The number of hydrogen-bond donors (Lipinski definition) is 2. The Bertz CT molecular complexity index is 1120. The van der Waals surface area contributed by atoms with Gasteiger partial charge in [0, 0.05) is 29.9 Å². The molecule has 0 aromatic carbocycles. The van der Waals surface area contributed by atoms with Gasteiger partial charge < -0.3 is 24.4 Å². The first kappa shape index (κ1) is 26.9. The molecule has 0 radical (unpaired) electrons. The fourth-order valence-corrected chi connectivity index (χ4v) is 10.6. The van der Waals surface area contributed by atoms with Gasteiger partial charge in [0.1, 0.15) is 23.4 Å². The number of ether oxygens (including phenoxy) is 3. The number of halogens is 1. The minimum Gasteiger partial charge on any atom is -0.456 e. The zero-order valence-corrected chi connectivity index (χ0v) is 23.8. The summed E-state index contributed by atoms with van der Waals surface area (Å²) in [6, 6.07) is 0. The molecule has 0 aromatic rings. The van der Waals surface area contributed by atoms with Crippen LogP contribution in [0.3, 0.4) is 0 Å². The van der Waals surface area contributed by atoms with Gasteiger partial charge >= 0.3 is 5.97 Å². The minimum absolute atomic E-state index is 0.0795. The Morgan fingerprint density at radius 2 is 1.89 bits per heavy atom. The molecule has 0 unspecified atom stereocenters. The first-order valence-corrected chi connectivity index (χ1v) is 14.7. The lowest BCUT2D eigenvalue weighted by Gasteiger charge is -2.63. The van der Waals surface area contributed by atoms with E-state index < -0.39 is 40.5 Å². The van der Waals surface area contributed by atoms with Crippen LogP contribution in [0.1, 0.15) is 73.1 Å². The van der Waals surface area contributed by atoms with Crippen LogP contribution in [0.4, 0.5) is 0 Å². The summed E-state index contributed by atoms with van der Waals surface area (Å²) in [5.74, 6) is -0.161. The second-order valence-electron chi connectivity index (χ2n) is 13.1. The molecule has 210 valence electrons. The summed E-state index contributed by atoms with van der Waals surface area (Å²) in [6.45, 7) is 10.2. The molecule has 4 fully saturated rings. The van der Waals surface area contributed by atoms with Crippen LogP contribution in [0.25, 0.3) is 0 Å². The molecule has 1 saturated heterocycles. The Kier molecular flexibility index (Phi) is 6.12. The maximum absolute atomic E-state index is 13.5. The van der Waals surface area contributed by atoms with E-state index in [1.807, 2.05) is 27.7 Å². The second kappa shape index (κ2) is 8.62. The summed E-state index contributed by atoms with van der Waals surface area (Å²) < 4.78 is 19.2. The van der Waals surface area contributed by atoms with E-state index in [9.17, 15) is 19.8 Å². The summed E-state index contributed by atoms with van der Waals surface area (Å²) >= 11 is 6.93. The molecular weight excluding hydrogens is 508 g/mol. The van der Waals surface area contributed by atoms with Crippen LogP contribution in [-0.4, -0.2) is 63.6 Å². The number of ketones is 1. The van der Waals surface area contributed by atoms with Gasteiger partial charge in [-0.15, -0.1) is 11.6 Å². The van der Waals surface area contributed by atoms with Gasteiger partial charge in [0.05, 0.1) is 10.8 Å². The van der Waals surface area contributed by atoms with Crippen LogP contribution in [-0.2, 0) is 23.8 Å². The summed E-state index contributed by atoms with van der Waals surface area (Å²) in [4.78, 5) is 26.2. The van der Waals surface area contributed by atoms with Crippen molar-refractivity contribution in [2.24, 2.45) is 34.5 Å². The van der Waals surface area contributed by atoms with E-state index in [4.69, 9.17) is 25.8 Å². The van der Waals surface area contributed by atoms with Crippen molar-refractivity contribution in [1.82, 2.24) is 0 Å². The number of aliphatic hydroxyl groups excluding tert-OH is 1. The molecular formula is C30H41ClO7. The highest BCUT2D eigenvalue weighted by Crippen LogP contribution is 2.73. The van der Waals surface area contributed by atoms with Crippen LogP contribution < -0.4 is 0 Å². The van der Waals surface area contributed by atoms with E-state index in [0.717, 1.165) is 24.8 Å². The van der Waals surface area contributed by atoms with Crippen molar-refractivity contribution >= 4 is 23.4 Å². The number of carbonyl (C=O) groups is 2. The van der Waals surface area contributed by atoms with Gasteiger partial charge in [-0.1, -0.05) is 5.57 Å². The van der Waals surface area contributed by atoms with Crippen LogP contribution in [0.5, 0.6) is 0 Å². The first-order valence-electron chi connectivity index (χ1n) is 14.3. The van der Waals surface area contributed by atoms with Gasteiger partial charge in [-0.2, -0.15) is 0 Å². The van der Waals surface area contributed by atoms with Crippen LogP contribution >= 0.6 is 11.6 Å². The van der Waals surface area contributed by atoms with Crippen molar-refractivity contribution in [3.8, 4) is 0 Å². The Morgan fingerprint density at radius 3 is 2.58 bits per heavy atom. The average molecular weight is 549 g/mol. The third-order valence-electron chi connectivity index (χ3n) is 12.1. The zero-order valence-electron chi connectivity index (χ0n) is 23.0. The molecule has 4 aliphatic carbocycles. The third kappa shape index (κ3) is 3.06. The molecule has 7 nitrogen and oxygen atoms in total. The standard InChI is InChI=1S/C30H41ClO7/c1-6-36-26-29-12-11-18-17(14-21(31)30(35)23(33)10-9-22(32)27(18,30)4)19(29)7-8-20(29)28(5,38-26)24-13-15(2)16(3)25(34)37-24/h9-10,17-21,23-24,26,33,35H,6-8,11-14H2,1-5H3/t17-,18+,19+,20-,21+,23+,24-,26+,27+,28-,29-,30+/m1/s1. The highest BCUT2D eigenvalue weighted by molar-refractivity contribution is 6.22. The molecule has 0 amide bonds. The van der Waals surface area contributed by atoms with Gasteiger partial charge in [-0.3, -0.25) is 4.79 Å². The van der Waals surface area contributed by atoms with Crippen LogP contribution in [0, 0.1) is 34.5 Å². The molecule has 12 atom stereocenters. The lowest BCUT2D eigenvalue weighted by atomic mass is 9.42. The number of allylic oxidation sites excluding steroid dienone is 1. The molecule has 38 heavy (non-hydrogen) atoms. The molecule has 2 aliphatic heterocycles. The Labute approximate surface area is 229 Å². The lowest BCUT2D eigenvalue weighted by molar-refractivity contribution is -0.248. The monoisotopic (exact) mass is 548 g/mol. The lowest BCUT2D eigenvalue weighted by Crippen LogP contribution is -2.72. The topological polar surface area (TPSA) is 102 Å².